The minimum Gasteiger partial charge on any atom is -0.375 e. The zero-order valence-corrected chi connectivity index (χ0v) is 12.9. The van der Waals surface area contributed by atoms with Crippen LogP contribution in [0, 0.1) is 11.9 Å². The van der Waals surface area contributed by atoms with Crippen molar-refractivity contribution in [2.75, 3.05) is 39.3 Å². The van der Waals surface area contributed by atoms with Gasteiger partial charge in [0.15, 0.2) is 0 Å². The number of amides is 1. The van der Waals surface area contributed by atoms with Crippen LogP contribution in [0.4, 0.5) is 4.39 Å². The fraction of sp³-hybridized carbons (Fsp3) is 0.625. The van der Waals surface area contributed by atoms with Gasteiger partial charge < -0.3 is 14.5 Å². The van der Waals surface area contributed by atoms with Gasteiger partial charge in [-0.25, -0.2) is 4.98 Å². The summed E-state index contributed by atoms with van der Waals surface area (Å²) >= 11 is 0. The molecule has 0 unspecified atom stereocenters. The Labute approximate surface area is 130 Å². The molecule has 0 radical (unpaired) electrons. The van der Waals surface area contributed by atoms with E-state index in [4.69, 9.17) is 4.74 Å². The summed E-state index contributed by atoms with van der Waals surface area (Å²) in [4.78, 5) is 20.2. The minimum absolute atomic E-state index is 0.0842. The second-order valence-electron chi connectivity index (χ2n) is 5.97. The first-order chi connectivity index (χ1) is 10.7. The molecule has 22 heavy (non-hydrogen) atoms. The number of carbonyl (C=O) groups is 1. The predicted octanol–water partition coefficient (Wildman–Crippen LogP) is 1.40. The lowest BCUT2D eigenvalue weighted by atomic mass is 9.93. The average Bonchev–Trinajstić information content (AvgIpc) is 2.75. The van der Waals surface area contributed by atoms with Gasteiger partial charge in [0.25, 0.3) is 5.91 Å². The number of nitrogens with zero attached hydrogens (tertiary/aromatic N) is 3. The van der Waals surface area contributed by atoms with Crippen molar-refractivity contribution < 1.29 is 13.9 Å². The first kappa shape index (κ1) is 15.4. The van der Waals surface area contributed by atoms with Crippen LogP contribution in [0.15, 0.2) is 18.3 Å². The molecule has 1 aromatic rings. The molecule has 5 nitrogen and oxygen atoms in total. The zero-order chi connectivity index (χ0) is 15.5. The van der Waals surface area contributed by atoms with E-state index in [-0.39, 0.29) is 12.0 Å². The van der Waals surface area contributed by atoms with Crippen LogP contribution in [0.25, 0.3) is 0 Å². The summed E-state index contributed by atoms with van der Waals surface area (Å²) in [5.74, 6) is -0.286. The first-order valence-corrected chi connectivity index (χ1v) is 7.92. The maximum absolute atomic E-state index is 13.2. The van der Waals surface area contributed by atoms with Gasteiger partial charge in [0.05, 0.1) is 12.7 Å². The van der Waals surface area contributed by atoms with E-state index in [9.17, 15) is 9.18 Å². The molecule has 2 aliphatic heterocycles. The summed E-state index contributed by atoms with van der Waals surface area (Å²) < 4.78 is 19.1. The van der Waals surface area contributed by atoms with E-state index in [0.29, 0.717) is 31.2 Å². The van der Waals surface area contributed by atoms with Crippen molar-refractivity contribution in [3.8, 4) is 0 Å². The molecule has 2 aliphatic rings. The number of likely N-dealkylation sites (N-methyl/N-ethyl adjacent to an activating group) is 1. The van der Waals surface area contributed by atoms with E-state index in [0.717, 1.165) is 26.1 Å². The third kappa shape index (κ3) is 3.28. The third-order valence-electron chi connectivity index (χ3n) is 4.64. The monoisotopic (exact) mass is 307 g/mol. The Bertz CT molecular complexity index is 540. The number of ether oxygens (including phenoxy) is 1. The lowest BCUT2D eigenvalue weighted by Crippen LogP contribution is -2.49. The largest absolute Gasteiger partial charge is 0.375 e. The van der Waals surface area contributed by atoms with Crippen LogP contribution in [-0.4, -0.2) is 66.1 Å². The van der Waals surface area contributed by atoms with Gasteiger partial charge in [0.2, 0.25) is 5.95 Å². The van der Waals surface area contributed by atoms with E-state index in [1.807, 2.05) is 0 Å². The molecular weight excluding hydrogens is 285 g/mol. The smallest absolute Gasteiger partial charge is 0.254 e. The summed E-state index contributed by atoms with van der Waals surface area (Å²) in [7, 11) is 0. The standard InChI is InChI=1S/C16H22FN3O2/c1-2-19-7-8-22-14-11-20(6-4-13(14)10-19)16(21)12-3-5-18-15(17)9-12/h3,5,9,13-14H,2,4,6-8,10-11H2,1H3/t13-,14-/m1/s1. The molecule has 2 atom stereocenters. The molecule has 3 rings (SSSR count). The summed E-state index contributed by atoms with van der Waals surface area (Å²) in [6.45, 7) is 7.18. The number of hydrogen-bond acceptors (Lipinski definition) is 4. The molecule has 0 bridgehead atoms. The lowest BCUT2D eigenvalue weighted by Gasteiger charge is -2.38. The average molecular weight is 307 g/mol. The topological polar surface area (TPSA) is 45.7 Å². The van der Waals surface area contributed by atoms with Crippen LogP contribution in [0.2, 0.25) is 0 Å². The Hall–Kier alpha value is -1.53. The van der Waals surface area contributed by atoms with Gasteiger partial charge in [-0.2, -0.15) is 4.39 Å². The molecule has 2 fully saturated rings. The molecule has 3 heterocycles. The summed E-state index contributed by atoms with van der Waals surface area (Å²) in [6, 6.07) is 2.76. The maximum atomic E-state index is 13.2. The van der Waals surface area contributed by atoms with Crippen molar-refractivity contribution in [3.05, 3.63) is 29.8 Å². The number of piperidine rings is 1. The van der Waals surface area contributed by atoms with Crippen LogP contribution in [-0.2, 0) is 4.74 Å². The van der Waals surface area contributed by atoms with Crippen LogP contribution >= 0.6 is 0 Å². The van der Waals surface area contributed by atoms with Crippen molar-refractivity contribution in [3.63, 3.8) is 0 Å². The van der Waals surface area contributed by atoms with E-state index >= 15 is 0 Å². The van der Waals surface area contributed by atoms with Crippen molar-refractivity contribution >= 4 is 5.91 Å². The van der Waals surface area contributed by atoms with E-state index in [1.165, 1.54) is 12.3 Å². The molecule has 0 aliphatic carbocycles. The maximum Gasteiger partial charge on any atom is 0.254 e. The molecule has 1 amide bonds. The minimum atomic E-state index is -0.620. The summed E-state index contributed by atoms with van der Waals surface area (Å²) in [5.41, 5.74) is 0.356. The normalized spacial score (nSPS) is 26.4. The summed E-state index contributed by atoms with van der Waals surface area (Å²) in [6.07, 6.45) is 2.35. The fourth-order valence-electron chi connectivity index (χ4n) is 3.31. The quantitative estimate of drug-likeness (QED) is 0.775. The predicted molar refractivity (Wildman–Crippen MR) is 80.1 cm³/mol. The lowest BCUT2D eigenvalue weighted by molar-refractivity contribution is -0.0171. The first-order valence-electron chi connectivity index (χ1n) is 7.92. The molecular formula is C16H22FN3O2. The Kier molecular flexibility index (Phi) is 4.69. The van der Waals surface area contributed by atoms with Gasteiger partial charge in [-0.05, 0) is 19.0 Å². The molecule has 120 valence electrons. The number of rotatable bonds is 2. The third-order valence-corrected chi connectivity index (χ3v) is 4.64. The molecule has 0 saturated carbocycles. The molecule has 0 aromatic carbocycles. The van der Waals surface area contributed by atoms with Crippen molar-refractivity contribution in [1.82, 2.24) is 14.8 Å². The van der Waals surface area contributed by atoms with Crippen LogP contribution in [0.3, 0.4) is 0 Å². The highest BCUT2D eigenvalue weighted by Gasteiger charge is 2.35. The van der Waals surface area contributed by atoms with Crippen LogP contribution < -0.4 is 0 Å². The molecule has 2 saturated heterocycles. The summed E-state index contributed by atoms with van der Waals surface area (Å²) in [5, 5.41) is 0. The Morgan fingerprint density at radius 1 is 1.45 bits per heavy atom. The van der Waals surface area contributed by atoms with E-state index in [1.54, 1.807) is 11.0 Å². The zero-order valence-electron chi connectivity index (χ0n) is 12.9. The Morgan fingerprint density at radius 2 is 2.32 bits per heavy atom. The molecule has 0 N–H and O–H groups in total. The van der Waals surface area contributed by atoms with Crippen molar-refractivity contribution in [1.29, 1.82) is 0 Å². The van der Waals surface area contributed by atoms with Gasteiger partial charge >= 0.3 is 0 Å². The number of hydrogen-bond donors (Lipinski definition) is 0. The highest BCUT2D eigenvalue weighted by Crippen LogP contribution is 2.25. The fourth-order valence-corrected chi connectivity index (χ4v) is 3.31. The van der Waals surface area contributed by atoms with Crippen molar-refractivity contribution in [2.24, 2.45) is 5.92 Å². The Morgan fingerprint density at radius 3 is 3.09 bits per heavy atom. The van der Waals surface area contributed by atoms with Crippen LogP contribution in [0.5, 0.6) is 0 Å². The van der Waals surface area contributed by atoms with Crippen LogP contribution in [0.1, 0.15) is 23.7 Å². The van der Waals surface area contributed by atoms with Crippen molar-refractivity contribution in [2.45, 2.75) is 19.4 Å². The van der Waals surface area contributed by atoms with Gasteiger partial charge in [-0.3, -0.25) is 4.79 Å². The number of aromatic nitrogens is 1. The van der Waals surface area contributed by atoms with Gasteiger partial charge in [0, 0.05) is 49.9 Å². The van der Waals surface area contributed by atoms with E-state index < -0.39 is 5.95 Å². The highest BCUT2D eigenvalue weighted by atomic mass is 19.1. The molecule has 1 aromatic heterocycles. The highest BCUT2D eigenvalue weighted by molar-refractivity contribution is 5.94. The molecule has 0 spiro atoms. The Balaban J connectivity index is 1.67. The van der Waals surface area contributed by atoms with E-state index in [2.05, 4.69) is 16.8 Å². The SMILES string of the molecule is CCN1CCO[C@@H]2CN(C(=O)c3ccnc(F)c3)CC[C@@H]2C1. The van der Waals surface area contributed by atoms with Gasteiger partial charge in [-0.1, -0.05) is 6.92 Å². The van der Waals surface area contributed by atoms with Gasteiger partial charge in [-0.15, -0.1) is 0 Å². The number of fused-ring (bicyclic) bond motifs is 1. The number of likely N-dealkylation sites (tertiary alicyclic amines) is 1. The molecule has 6 heteroatoms. The number of halogens is 1. The second kappa shape index (κ2) is 6.71. The number of carbonyl (C=O) groups excluding carboxylic acids is 1. The second-order valence-corrected chi connectivity index (χ2v) is 5.97. The number of pyridine rings is 1. The van der Waals surface area contributed by atoms with Gasteiger partial charge in [0.1, 0.15) is 0 Å².